The molecular weight excluding hydrogens is 233 g/mol. The van der Waals surface area contributed by atoms with E-state index >= 15 is 0 Å². The van der Waals surface area contributed by atoms with Crippen LogP contribution in [0.25, 0.3) is 0 Å². The number of rotatable bonds is 2. The van der Waals surface area contributed by atoms with Gasteiger partial charge in [-0.25, -0.2) is 0 Å². The Bertz CT molecular complexity index is 453. The highest BCUT2D eigenvalue weighted by atomic mass is 32.2. The van der Waals surface area contributed by atoms with Crippen molar-refractivity contribution in [2.75, 3.05) is 0 Å². The minimum Gasteiger partial charge on any atom is -0.198 e. The Morgan fingerprint density at radius 3 is 2.07 bits per heavy atom. The molecule has 0 aliphatic heterocycles. The van der Waals surface area contributed by atoms with Gasteiger partial charge in [-0.05, 0) is 12.1 Å². The van der Waals surface area contributed by atoms with Gasteiger partial charge >= 0.3 is 6.30 Å². The van der Waals surface area contributed by atoms with Crippen LogP contribution in [0.2, 0.25) is 0 Å². The van der Waals surface area contributed by atoms with Gasteiger partial charge < -0.3 is 0 Å². The van der Waals surface area contributed by atoms with Gasteiger partial charge in [0.05, 0.1) is 4.90 Å². The summed E-state index contributed by atoms with van der Waals surface area (Å²) in [6, 6.07) is 6.53. The molecule has 0 heterocycles. The van der Waals surface area contributed by atoms with Gasteiger partial charge in [0.1, 0.15) is 0 Å². The number of alkyl halides is 3. The third-order valence-corrected chi connectivity index (χ3v) is 2.47. The number of nitrogens with zero attached hydrogens (tertiary/aromatic N) is 2. The minimum atomic E-state index is -4.98. The molecule has 0 saturated heterocycles. The maximum Gasteiger partial charge on any atom is 0.521 e. The lowest BCUT2D eigenvalue weighted by atomic mass is 10.4. The average Bonchev–Trinajstić information content (AvgIpc) is 2.16. The smallest absolute Gasteiger partial charge is 0.198 e. The summed E-state index contributed by atoms with van der Waals surface area (Å²) in [7, 11) is -4.36. The molecule has 0 aliphatic carbocycles. The molecule has 0 fully saturated rings. The summed E-state index contributed by atoms with van der Waals surface area (Å²) in [6.07, 6.45) is -4.98. The summed E-state index contributed by atoms with van der Waals surface area (Å²) in [4.78, 5) is -0.335. The summed E-state index contributed by atoms with van der Waals surface area (Å²) >= 11 is 0. The zero-order valence-electron chi connectivity index (χ0n) is 7.14. The second-order valence-corrected chi connectivity index (χ2v) is 4.02. The van der Waals surface area contributed by atoms with Gasteiger partial charge in [-0.3, -0.25) is 0 Å². The first-order valence-corrected chi connectivity index (χ1v) is 5.06. The van der Waals surface area contributed by atoms with Crippen molar-refractivity contribution in [2.45, 2.75) is 11.2 Å². The van der Waals surface area contributed by atoms with E-state index in [9.17, 15) is 21.6 Å². The van der Waals surface area contributed by atoms with Crippen LogP contribution >= 0.6 is 0 Å². The normalized spacial score (nSPS) is 13.3. The number of hydrogen-bond donors (Lipinski definition) is 0. The van der Waals surface area contributed by atoms with Crippen molar-refractivity contribution >= 4 is 10.0 Å². The lowest BCUT2D eigenvalue weighted by Crippen LogP contribution is -2.03. The van der Waals surface area contributed by atoms with Crippen molar-refractivity contribution in [1.29, 1.82) is 0 Å². The van der Waals surface area contributed by atoms with Crippen LogP contribution in [0.15, 0.2) is 44.9 Å². The molecule has 0 amide bonds. The summed E-state index contributed by atoms with van der Waals surface area (Å²) < 4.78 is 59.2. The molecule has 82 valence electrons. The molecule has 0 atom stereocenters. The first-order valence-electron chi connectivity index (χ1n) is 3.62. The highest BCUT2D eigenvalue weighted by Gasteiger charge is 2.28. The third-order valence-electron chi connectivity index (χ3n) is 1.30. The number of sulfonamides is 1. The van der Waals surface area contributed by atoms with Crippen LogP contribution in [0.3, 0.4) is 0 Å². The van der Waals surface area contributed by atoms with Crippen LogP contribution in [0.5, 0.6) is 0 Å². The first kappa shape index (κ1) is 11.6. The summed E-state index contributed by atoms with van der Waals surface area (Å²) in [5.74, 6) is 0. The molecule has 0 saturated carbocycles. The second kappa shape index (κ2) is 3.97. The molecule has 1 aromatic carbocycles. The summed E-state index contributed by atoms with van der Waals surface area (Å²) in [5.41, 5.74) is 0. The quantitative estimate of drug-likeness (QED) is 0.586. The Balaban J connectivity index is 3.01. The Kier molecular flexibility index (Phi) is 3.08. The zero-order valence-corrected chi connectivity index (χ0v) is 7.96. The predicted molar refractivity (Wildman–Crippen MR) is 44.5 cm³/mol. The van der Waals surface area contributed by atoms with Gasteiger partial charge in [-0.2, -0.15) is 8.42 Å². The Hall–Kier alpha value is -1.44. The van der Waals surface area contributed by atoms with E-state index in [2.05, 4.69) is 4.52 Å². The van der Waals surface area contributed by atoms with Crippen LogP contribution in [0.4, 0.5) is 13.2 Å². The van der Waals surface area contributed by atoms with Gasteiger partial charge in [0.2, 0.25) is 0 Å². The van der Waals surface area contributed by atoms with E-state index in [1.54, 1.807) is 5.11 Å². The van der Waals surface area contributed by atoms with Crippen molar-refractivity contribution in [1.82, 2.24) is 0 Å². The zero-order chi connectivity index (χ0) is 11.5. The van der Waals surface area contributed by atoms with E-state index in [0.717, 1.165) is 12.1 Å². The summed E-state index contributed by atoms with van der Waals surface area (Å²) in [5, 5.41) is 1.74. The molecule has 0 spiro atoms. The first-order chi connectivity index (χ1) is 6.81. The fraction of sp³-hybridized carbons (Fsp3) is 0.143. The van der Waals surface area contributed by atoms with Crippen LogP contribution in [0, 0.1) is 0 Å². The Morgan fingerprint density at radius 2 is 1.60 bits per heavy atom. The molecule has 0 aliphatic rings. The molecule has 1 aromatic rings. The fourth-order valence-electron chi connectivity index (χ4n) is 0.740. The van der Waals surface area contributed by atoms with Gasteiger partial charge in [-0.1, -0.05) is 27.8 Å². The van der Waals surface area contributed by atoms with Crippen molar-refractivity contribution in [3.05, 3.63) is 30.3 Å². The van der Waals surface area contributed by atoms with E-state index in [1.807, 2.05) is 0 Å². The third kappa shape index (κ3) is 3.66. The van der Waals surface area contributed by atoms with Gasteiger partial charge in [-0.15, -0.1) is 13.2 Å². The average molecular weight is 238 g/mol. The lowest BCUT2D eigenvalue weighted by molar-refractivity contribution is -0.124. The van der Waals surface area contributed by atoms with Crippen molar-refractivity contribution < 1.29 is 21.6 Å². The van der Waals surface area contributed by atoms with E-state index < -0.39 is 16.3 Å². The second-order valence-electron chi connectivity index (χ2n) is 2.44. The van der Waals surface area contributed by atoms with Crippen LogP contribution < -0.4 is 0 Å². The van der Waals surface area contributed by atoms with Crippen molar-refractivity contribution in [2.24, 2.45) is 9.63 Å². The van der Waals surface area contributed by atoms with Crippen LogP contribution in [0.1, 0.15) is 0 Å². The number of benzene rings is 1. The fourth-order valence-corrected chi connectivity index (χ4v) is 1.54. The molecule has 1 rings (SSSR count). The molecule has 0 unspecified atom stereocenters. The monoisotopic (exact) mass is 238 g/mol. The molecule has 8 heteroatoms. The van der Waals surface area contributed by atoms with E-state index in [-0.39, 0.29) is 4.90 Å². The molecule has 4 nitrogen and oxygen atoms in total. The standard InChI is InChI=1S/C7H5F3N2O2S/c8-7(9,10)11-12-15(13,14)6-4-2-1-3-5-6/h1-5H. The van der Waals surface area contributed by atoms with E-state index in [4.69, 9.17) is 0 Å². The number of hydrogen-bond acceptors (Lipinski definition) is 3. The van der Waals surface area contributed by atoms with Crippen LogP contribution in [-0.4, -0.2) is 14.7 Å². The maximum atomic E-state index is 11.6. The van der Waals surface area contributed by atoms with E-state index in [1.165, 1.54) is 18.2 Å². The van der Waals surface area contributed by atoms with Gasteiger partial charge in [0, 0.05) is 0 Å². The maximum absolute atomic E-state index is 11.6. The Labute approximate surface area is 83.5 Å². The highest BCUT2D eigenvalue weighted by molar-refractivity contribution is 7.90. The van der Waals surface area contributed by atoms with Crippen molar-refractivity contribution in [3.63, 3.8) is 0 Å². The van der Waals surface area contributed by atoms with Gasteiger partial charge in [0.25, 0.3) is 10.0 Å². The summed E-state index contributed by atoms with van der Waals surface area (Å²) in [6.45, 7) is 0. The van der Waals surface area contributed by atoms with Crippen molar-refractivity contribution in [3.8, 4) is 0 Å². The molecule has 0 aromatic heterocycles. The number of halogens is 3. The van der Waals surface area contributed by atoms with E-state index in [0.29, 0.717) is 0 Å². The molecule has 0 bridgehead atoms. The SMILES string of the molecule is O=S(=O)(N=NC(F)(F)F)c1ccccc1. The molecular formula is C7H5F3N2O2S. The van der Waals surface area contributed by atoms with Crippen LogP contribution in [-0.2, 0) is 10.0 Å². The topological polar surface area (TPSA) is 58.9 Å². The molecule has 15 heavy (non-hydrogen) atoms. The molecule has 0 N–H and O–H groups in total. The van der Waals surface area contributed by atoms with Gasteiger partial charge in [0.15, 0.2) is 0 Å². The largest absolute Gasteiger partial charge is 0.521 e. The minimum absolute atomic E-state index is 0.335. The molecule has 0 radical (unpaired) electrons. The predicted octanol–water partition coefficient (Wildman–Crippen LogP) is 2.35. The lowest BCUT2D eigenvalue weighted by Gasteiger charge is -1.97. The Morgan fingerprint density at radius 1 is 1.07 bits per heavy atom. The highest BCUT2D eigenvalue weighted by Crippen LogP contribution is 2.19.